The van der Waals surface area contributed by atoms with Crippen molar-refractivity contribution in [2.24, 2.45) is 0 Å². The highest BCUT2D eigenvalue weighted by Crippen LogP contribution is 2.33. The van der Waals surface area contributed by atoms with Crippen molar-refractivity contribution in [2.75, 3.05) is 5.32 Å². The predicted molar refractivity (Wildman–Crippen MR) is 120 cm³/mol. The molecule has 2 aromatic carbocycles. The van der Waals surface area contributed by atoms with E-state index in [1.54, 1.807) is 22.8 Å². The monoisotopic (exact) mass is 448 g/mol. The second-order valence-electron chi connectivity index (χ2n) is 6.62. The third-order valence-electron chi connectivity index (χ3n) is 4.56. The molecule has 0 radical (unpaired) electrons. The van der Waals surface area contributed by atoms with Gasteiger partial charge in [0.05, 0.1) is 5.69 Å². The summed E-state index contributed by atoms with van der Waals surface area (Å²) in [6, 6.07) is 15.0. The standard InChI is InChI=1S/C21H16N6O2S2/c1-13-25-26-21(31-13)30-10-17-16-4-2-3-5-18(16)29-19(17)20(28)24-14-6-8-15(9-7-14)27-12-22-11-23-27/h2-9,11-12H,10H2,1H3,(H,24,28). The summed E-state index contributed by atoms with van der Waals surface area (Å²) in [5.74, 6) is 0.559. The Kier molecular flexibility index (Phi) is 5.23. The third kappa shape index (κ3) is 4.07. The highest BCUT2D eigenvalue weighted by molar-refractivity contribution is 8.00. The minimum absolute atomic E-state index is 0.297. The number of anilines is 1. The summed E-state index contributed by atoms with van der Waals surface area (Å²) >= 11 is 3.07. The summed E-state index contributed by atoms with van der Waals surface area (Å²) in [4.78, 5) is 17.0. The Bertz CT molecular complexity index is 1340. The molecule has 0 unspecified atom stereocenters. The molecule has 3 aromatic heterocycles. The van der Waals surface area contributed by atoms with Crippen molar-refractivity contribution in [1.82, 2.24) is 25.0 Å². The Hall–Kier alpha value is -3.50. The average molecular weight is 449 g/mol. The Labute approximate surface area is 185 Å². The zero-order valence-electron chi connectivity index (χ0n) is 16.3. The van der Waals surface area contributed by atoms with Gasteiger partial charge >= 0.3 is 0 Å². The summed E-state index contributed by atoms with van der Waals surface area (Å²) in [6.45, 7) is 1.92. The molecule has 1 N–H and O–H groups in total. The second-order valence-corrected chi connectivity index (χ2v) is 9.03. The molecule has 1 amide bonds. The van der Waals surface area contributed by atoms with E-state index in [0.29, 0.717) is 22.8 Å². The van der Waals surface area contributed by atoms with Gasteiger partial charge in [-0.2, -0.15) is 5.10 Å². The molecular weight excluding hydrogens is 432 g/mol. The van der Waals surface area contributed by atoms with Crippen molar-refractivity contribution < 1.29 is 9.21 Å². The molecule has 8 nitrogen and oxygen atoms in total. The van der Waals surface area contributed by atoms with E-state index in [-0.39, 0.29) is 5.91 Å². The summed E-state index contributed by atoms with van der Waals surface area (Å²) in [5, 5.41) is 17.1. The fourth-order valence-corrected chi connectivity index (χ4v) is 4.97. The van der Waals surface area contributed by atoms with Gasteiger partial charge in [-0.05, 0) is 37.3 Å². The van der Waals surface area contributed by atoms with Crippen LogP contribution >= 0.6 is 23.1 Å². The number of aromatic nitrogens is 5. The zero-order valence-corrected chi connectivity index (χ0v) is 18.0. The number of carbonyl (C=O) groups excluding carboxylic acids is 1. The molecule has 0 saturated carbocycles. The molecule has 0 aliphatic carbocycles. The lowest BCUT2D eigenvalue weighted by Crippen LogP contribution is -2.12. The number of thioether (sulfide) groups is 1. The van der Waals surface area contributed by atoms with Gasteiger partial charge in [0.1, 0.15) is 23.2 Å². The van der Waals surface area contributed by atoms with E-state index in [0.717, 1.165) is 26.0 Å². The Balaban J connectivity index is 1.40. The number of nitrogens with one attached hydrogen (secondary N) is 1. The zero-order chi connectivity index (χ0) is 21.2. The number of benzene rings is 2. The van der Waals surface area contributed by atoms with Crippen molar-refractivity contribution in [1.29, 1.82) is 0 Å². The van der Waals surface area contributed by atoms with Crippen LogP contribution in [0.25, 0.3) is 16.7 Å². The molecule has 0 bridgehead atoms. The van der Waals surface area contributed by atoms with Gasteiger partial charge in [-0.3, -0.25) is 4.79 Å². The number of carbonyl (C=O) groups is 1. The van der Waals surface area contributed by atoms with Crippen LogP contribution in [-0.4, -0.2) is 30.9 Å². The lowest BCUT2D eigenvalue weighted by Gasteiger charge is -2.06. The van der Waals surface area contributed by atoms with Gasteiger partial charge in [-0.25, -0.2) is 9.67 Å². The van der Waals surface area contributed by atoms with Gasteiger partial charge in [-0.1, -0.05) is 41.3 Å². The van der Waals surface area contributed by atoms with Crippen LogP contribution in [0.5, 0.6) is 0 Å². The summed E-state index contributed by atoms with van der Waals surface area (Å²) in [5.41, 5.74) is 3.03. The third-order valence-corrected chi connectivity index (χ3v) is 6.56. The molecule has 154 valence electrons. The summed E-state index contributed by atoms with van der Waals surface area (Å²) in [6.07, 6.45) is 3.09. The largest absolute Gasteiger partial charge is 0.451 e. The van der Waals surface area contributed by atoms with Gasteiger partial charge in [0.25, 0.3) is 5.91 Å². The maximum Gasteiger partial charge on any atom is 0.291 e. The first-order chi connectivity index (χ1) is 15.2. The minimum atomic E-state index is -0.297. The van der Waals surface area contributed by atoms with Crippen molar-refractivity contribution >= 4 is 45.7 Å². The molecule has 10 heteroatoms. The Morgan fingerprint density at radius 2 is 2.00 bits per heavy atom. The van der Waals surface area contributed by atoms with Crippen molar-refractivity contribution in [3.05, 3.63) is 77.5 Å². The van der Waals surface area contributed by atoms with Crippen LogP contribution in [0, 0.1) is 6.92 Å². The highest BCUT2D eigenvalue weighted by atomic mass is 32.2. The van der Waals surface area contributed by atoms with Crippen LogP contribution in [0.4, 0.5) is 5.69 Å². The van der Waals surface area contributed by atoms with E-state index >= 15 is 0 Å². The summed E-state index contributed by atoms with van der Waals surface area (Å²) in [7, 11) is 0. The van der Waals surface area contributed by atoms with Crippen molar-refractivity contribution in [3.8, 4) is 5.69 Å². The maximum atomic E-state index is 13.1. The van der Waals surface area contributed by atoms with E-state index < -0.39 is 0 Å². The van der Waals surface area contributed by atoms with E-state index in [9.17, 15) is 4.79 Å². The van der Waals surface area contributed by atoms with Gasteiger partial charge < -0.3 is 9.73 Å². The van der Waals surface area contributed by atoms with E-state index in [2.05, 4.69) is 25.6 Å². The molecule has 0 aliphatic rings. The van der Waals surface area contributed by atoms with Gasteiger partial charge in [0.15, 0.2) is 10.1 Å². The molecule has 5 rings (SSSR count). The first-order valence-corrected chi connectivity index (χ1v) is 11.2. The molecule has 0 saturated heterocycles. The normalized spacial score (nSPS) is 11.1. The van der Waals surface area contributed by atoms with Gasteiger partial charge in [0, 0.05) is 22.4 Å². The molecule has 0 atom stereocenters. The lowest BCUT2D eigenvalue weighted by atomic mass is 10.1. The van der Waals surface area contributed by atoms with Crippen LogP contribution in [-0.2, 0) is 5.75 Å². The summed E-state index contributed by atoms with van der Waals surface area (Å²) < 4.78 is 8.44. The highest BCUT2D eigenvalue weighted by Gasteiger charge is 2.21. The fourth-order valence-electron chi connectivity index (χ4n) is 3.12. The number of hydrogen-bond acceptors (Lipinski definition) is 8. The number of rotatable bonds is 6. The van der Waals surface area contributed by atoms with E-state index in [1.807, 2.05) is 55.5 Å². The number of aryl methyl sites for hydroxylation is 1. The maximum absolute atomic E-state index is 13.1. The number of nitrogens with zero attached hydrogens (tertiary/aromatic N) is 5. The lowest BCUT2D eigenvalue weighted by molar-refractivity contribution is 0.0998. The smallest absolute Gasteiger partial charge is 0.291 e. The van der Waals surface area contributed by atoms with Crippen LogP contribution < -0.4 is 5.32 Å². The molecule has 5 aromatic rings. The van der Waals surface area contributed by atoms with Gasteiger partial charge in [-0.15, -0.1) is 10.2 Å². The average Bonchev–Trinajstić information content (AvgIpc) is 3.53. The number of para-hydroxylation sites is 1. The topological polar surface area (TPSA) is 98.7 Å². The van der Waals surface area contributed by atoms with E-state index in [1.165, 1.54) is 17.7 Å². The second kappa shape index (κ2) is 8.32. The number of furan rings is 1. The SMILES string of the molecule is Cc1nnc(SCc2c(C(=O)Nc3ccc(-n4cncn4)cc3)oc3ccccc23)s1. The first kappa shape index (κ1) is 19.5. The number of amides is 1. The molecular formula is C21H16N6O2S2. The molecule has 0 fully saturated rings. The van der Waals surface area contributed by atoms with E-state index in [4.69, 9.17) is 4.42 Å². The number of fused-ring (bicyclic) bond motifs is 1. The number of hydrogen-bond donors (Lipinski definition) is 1. The van der Waals surface area contributed by atoms with Crippen molar-refractivity contribution in [3.63, 3.8) is 0 Å². The van der Waals surface area contributed by atoms with Gasteiger partial charge in [0.2, 0.25) is 0 Å². The predicted octanol–water partition coefficient (Wildman–Crippen LogP) is 4.72. The van der Waals surface area contributed by atoms with Crippen LogP contribution in [0.15, 0.2) is 69.9 Å². The quantitative estimate of drug-likeness (QED) is 0.375. The molecule has 3 heterocycles. The van der Waals surface area contributed by atoms with Crippen LogP contribution in [0.1, 0.15) is 21.1 Å². The van der Waals surface area contributed by atoms with Crippen LogP contribution in [0.3, 0.4) is 0 Å². The van der Waals surface area contributed by atoms with Crippen molar-refractivity contribution in [2.45, 2.75) is 17.0 Å². The molecule has 31 heavy (non-hydrogen) atoms. The van der Waals surface area contributed by atoms with Crippen LogP contribution in [0.2, 0.25) is 0 Å². The molecule has 0 aliphatic heterocycles. The Morgan fingerprint density at radius 1 is 1.16 bits per heavy atom. The molecule has 0 spiro atoms. The minimum Gasteiger partial charge on any atom is -0.451 e. The fraction of sp³-hybridized carbons (Fsp3) is 0.0952. The first-order valence-electron chi connectivity index (χ1n) is 9.37. The Morgan fingerprint density at radius 3 is 2.74 bits per heavy atom.